The zero-order valence-corrected chi connectivity index (χ0v) is 15.2. The standard InChI is InChI=1S/C14H14F3N3OS.HI/c1-9-6-7-22-12(9)8-19-13(18)20-10-2-4-11(5-3-10)21-14(15,16)17;/h2-7H,8H2,1H3,(H3,18,19,20);1H. The molecule has 0 aliphatic heterocycles. The topological polar surface area (TPSA) is 59.6 Å². The summed E-state index contributed by atoms with van der Waals surface area (Å²) in [5.41, 5.74) is 7.42. The van der Waals surface area contributed by atoms with Gasteiger partial charge in [-0.1, -0.05) is 0 Å². The van der Waals surface area contributed by atoms with Gasteiger partial charge in [0, 0.05) is 10.6 Å². The number of guanidine groups is 1. The first kappa shape index (κ1) is 19.6. The summed E-state index contributed by atoms with van der Waals surface area (Å²) in [6, 6.07) is 7.26. The second kappa shape index (κ2) is 8.39. The fraction of sp³-hybridized carbons (Fsp3) is 0.214. The summed E-state index contributed by atoms with van der Waals surface area (Å²) in [6.07, 6.45) is -4.70. The molecular weight excluding hydrogens is 442 g/mol. The molecule has 126 valence electrons. The first-order chi connectivity index (χ1) is 10.3. The van der Waals surface area contributed by atoms with Crippen LogP contribution in [0.2, 0.25) is 0 Å². The van der Waals surface area contributed by atoms with Crippen LogP contribution in [0.4, 0.5) is 18.9 Å². The van der Waals surface area contributed by atoms with Crippen LogP contribution in [-0.2, 0) is 6.54 Å². The van der Waals surface area contributed by atoms with E-state index in [1.54, 1.807) is 11.3 Å². The molecule has 0 unspecified atom stereocenters. The summed E-state index contributed by atoms with van der Waals surface area (Å²) in [5.74, 6) is -0.0972. The molecule has 1 aromatic heterocycles. The molecule has 0 fully saturated rings. The first-order valence-electron chi connectivity index (χ1n) is 6.29. The summed E-state index contributed by atoms with van der Waals surface area (Å²) in [4.78, 5) is 5.30. The van der Waals surface area contributed by atoms with Gasteiger partial charge in [0.1, 0.15) is 5.75 Å². The Bertz CT molecular complexity index is 656. The van der Waals surface area contributed by atoms with Crippen molar-refractivity contribution < 1.29 is 17.9 Å². The van der Waals surface area contributed by atoms with Crippen molar-refractivity contribution in [3.05, 3.63) is 46.2 Å². The second-order valence-corrected chi connectivity index (χ2v) is 5.43. The molecule has 1 heterocycles. The highest BCUT2D eigenvalue weighted by molar-refractivity contribution is 14.0. The minimum absolute atomic E-state index is 0. The number of aliphatic imine (C=N–C) groups is 1. The van der Waals surface area contributed by atoms with E-state index in [0.717, 1.165) is 10.4 Å². The molecule has 0 atom stereocenters. The molecule has 0 saturated carbocycles. The highest BCUT2D eigenvalue weighted by Crippen LogP contribution is 2.24. The first-order valence-corrected chi connectivity index (χ1v) is 7.17. The lowest BCUT2D eigenvalue weighted by atomic mass is 10.3. The summed E-state index contributed by atoms with van der Waals surface area (Å²) >= 11 is 1.59. The van der Waals surface area contributed by atoms with Crippen LogP contribution in [-0.4, -0.2) is 12.3 Å². The van der Waals surface area contributed by atoms with Crippen molar-refractivity contribution in [2.45, 2.75) is 19.8 Å². The van der Waals surface area contributed by atoms with Crippen LogP contribution >= 0.6 is 35.3 Å². The van der Waals surface area contributed by atoms with Crippen LogP contribution in [0.25, 0.3) is 0 Å². The van der Waals surface area contributed by atoms with E-state index < -0.39 is 6.36 Å². The molecule has 0 bridgehead atoms. The quantitative estimate of drug-likeness (QED) is 0.404. The second-order valence-electron chi connectivity index (χ2n) is 4.43. The van der Waals surface area contributed by atoms with Gasteiger partial charge < -0.3 is 15.8 Å². The van der Waals surface area contributed by atoms with Crippen LogP contribution < -0.4 is 15.8 Å². The third-order valence-corrected chi connectivity index (χ3v) is 3.73. The van der Waals surface area contributed by atoms with E-state index in [1.165, 1.54) is 24.3 Å². The van der Waals surface area contributed by atoms with Crippen LogP contribution in [0.1, 0.15) is 10.4 Å². The molecule has 23 heavy (non-hydrogen) atoms. The Morgan fingerprint density at radius 3 is 2.43 bits per heavy atom. The Balaban J connectivity index is 0.00000264. The predicted molar refractivity (Wildman–Crippen MR) is 96.5 cm³/mol. The van der Waals surface area contributed by atoms with Gasteiger partial charge in [0.05, 0.1) is 6.54 Å². The van der Waals surface area contributed by atoms with Crippen molar-refractivity contribution in [3.8, 4) is 5.75 Å². The summed E-state index contributed by atoms with van der Waals surface area (Å²) in [5, 5.41) is 4.78. The number of nitrogens with two attached hydrogens (primary N) is 1. The Morgan fingerprint density at radius 1 is 1.26 bits per heavy atom. The average molecular weight is 457 g/mol. The van der Waals surface area contributed by atoms with Crippen LogP contribution in [0.5, 0.6) is 5.75 Å². The summed E-state index contributed by atoms with van der Waals surface area (Å²) < 4.78 is 39.9. The smallest absolute Gasteiger partial charge is 0.406 e. The number of hydrogen-bond acceptors (Lipinski definition) is 3. The average Bonchev–Trinajstić information content (AvgIpc) is 2.83. The highest BCUT2D eigenvalue weighted by atomic mass is 127. The number of anilines is 1. The number of halogens is 4. The minimum Gasteiger partial charge on any atom is -0.406 e. The molecule has 3 N–H and O–H groups in total. The number of alkyl halides is 3. The minimum atomic E-state index is -4.70. The maximum atomic E-state index is 12.0. The molecular formula is C14H15F3IN3OS. The molecule has 0 saturated heterocycles. The van der Waals surface area contributed by atoms with E-state index in [2.05, 4.69) is 15.0 Å². The van der Waals surface area contributed by atoms with E-state index in [0.29, 0.717) is 12.2 Å². The number of rotatable bonds is 4. The Morgan fingerprint density at radius 2 is 1.91 bits per heavy atom. The normalized spacial score (nSPS) is 11.7. The molecule has 0 spiro atoms. The maximum Gasteiger partial charge on any atom is 0.573 e. The van der Waals surface area contributed by atoms with E-state index >= 15 is 0 Å². The fourth-order valence-electron chi connectivity index (χ4n) is 1.65. The number of nitrogens with one attached hydrogen (secondary N) is 1. The van der Waals surface area contributed by atoms with Crippen LogP contribution in [0.3, 0.4) is 0 Å². The van der Waals surface area contributed by atoms with Crippen molar-refractivity contribution in [2.75, 3.05) is 5.32 Å². The number of hydrogen-bond donors (Lipinski definition) is 2. The molecule has 4 nitrogen and oxygen atoms in total. The Hall–Kier alpha value is -1.49. The third-order valence-electron chi connectivity index (χ3n) is 2.72. The van der Waals surface area contributed by atoms with Crippen molar-refractivity contribution >= 4 is 47.0 Å². The van der Waals surface area contributed by atoms with Gasteiger partial charge in [-0.25, -0.2) is 4.99 Å². The van der Waals surface area contributed by atoms with Gasteiger partial charge in [0.25, 0.3) is 0 Å². The van der Waals surface area contributed by atoms with Gasteiger partial charge in [-0.15, -0.1) is 48.5 Å². The largest absolute Gasteiger partial charge is 0.573 e. The van der Waals surface area contributed by atoms with Crippen molar-refractivity contribution in [1.29, 1.82) is 0 Å². The monoisotopic (exact) mass is 457 g/mol. The van der Waals surface area contributed by atoms with Crippen molar-refractivity contribution in [3.63, 3.8) is 0 Å². The predicted octanol–water partition coefficient (Wildman–Crippen LogP) is 4.50. The van der Waals surface area contributed by atoms with Gasteiger partial charge in [0.2, 0.25) is 0 Å². The van der Waals surface area contributed by atoms with Gasteiger partial charge in [-0.05, 0) is 48.2 Å². The summed E-state index contributed by atoms with van der Waals surface area (Å²) in [6.45, 7) is 2.45. The molecule has 0 radical (unpaired) electrons. The van der Waals surface area contributed by atoms with Gasteiger partial charge >= 0.3 is 6.36 Å². The molecule has 1 aromatic carbocycles. The Kier molecular flexibility index (Phi) is 7.13. The van der Waals surface area contributed by atoms with Gasteiger partial charge in [-0.2, -0.15) is 0 Å². The molecule has 0 amide bonds. The van der Waals surface area contributed by atoms with Crippen LogP contribution in [0.15, 0.2) is 40.7 Å². The van der Waals surface area contributed by atoms with E-state index in [-0.39, 0.29) is 35.7 Å². The van der Waals surface area contributed by atoms with Gasteiger partial charge in [-0.3, -0.25) is 0 Å². The molecule has 0 aliphatic carbocycles. The van der Waals surface area contributed by atoms with E-state index in [9.17, 15) is 13.2 Å². The van der Waals surface area contributed by atoms with E-state index in [4.69, 9.17) is 5.73 Å². The maximum absolute atomic E-state index is 12.0. The van der Waals surface area contributed by atoms with Crippen molar-refractivity contribution in [1.82, 2.24) is 0 Å². The van der Waals surface area contributed by atoms with Crippen molar-refractivity contribution in [2.24, 2.45) is 10.7 Å². The molecule has 2 rings (SSSR count). The highest BCUT2D eigenvalue weighted by Gasteiger charge is 2.30. The molecule has 9 heteroatoms. The zero-order chi connectivity index (χ0) is 16.2. The zero-order valence-electron chi connectivity index (χ0n) is 12.1. The number of nitrogens with zero attached hydrogens (tertiary/aromatic N) is 1. The molecule has 0 aliphatic rings. The lowest BCUT2D eigenvalue weighted by molar-refractivity contribution is -0.274. The lowest BCUT2D eigenvalue weighted by Crippen LogP contribution is -2.22. The Labute approximate surface area is 152 Å². The SMILES string of the molecule is Cc1ccsc1CN=C(N)Nc1ccc(OC(F)(F)F)cc1.I. The molecule has 2 aromatic rings. The number of benzene rings is 1. The lowest BCUT2D eigenvalue weighted by Gasteiger charge is -2.10. The van der Waals surface area contributed by atoms with E-state index in [1.807, 2.05) is 18.4 Å². The summed E-state index contributed by atoms with van der Waals surface area (Å²) in [7, 11) is 0. The van der Waals surface area contributed by atoms with Gasteiger partial charge in [0.15, 0.2) is 5.96 Å². The number of ether oxygens (including phenoxy) is 1. The fourth-order valence-corrected chi connectivity index (χ4v) is 2.48. The number of thiophene rings is 1. The number of aryl methyl sites for hydroxylation is 1. The third kappa shape index (κ3) is 6.65. The van der Waals surface area contributed by atoms with Crippen LogP contribution in [0, 0.1) is 6.92 Å².